The molecule has 0 saturated carbocycles. The highest BCUT2D eigenvalue weighted by Crippen LogP contribution is 2.54. The van der Waals surface area contributed by atoms with Gasteiger partial charge < -0.3 is 19.3 Å². The Balaban J connectivity index is 1.86. The van der Waals surface area contributed by atoms with Crippen molar-refractivity contribution in [1.82, 2.24) is 0 Å². The van der Waals surface area contributed by atoms with Crippen LogP contribution in [0, 0.1) is 6.92 Å². The van der Waals surface area contributed by atoms with Crippen molar-refractivity contribution in [1.29, 1.82) is 0 Å². The Morgan fingerprint density at radius 3 is 2.86 bits per heavy atom. The van der Waals surface area contributed by atoms with Gasteiger partial charge in [0, 0.05) is 22.8 Å². The topological polar surface area (TPSA) is 47.9 Å². The Labute approximate surface area is 122 Å². The molecule has 2 aliphatic heterocycles. The molecule has 0 aliphatic carbocycles. The van der Waals surface area contributed by atoms with Crippen LogP contribution in [0.2, 0.25) is 0 Å². The molecule has 1 N–H and O–H groups in total. The minimum absolute atomic E-state index is 0.0600. The molecule has 2 aromatic carbocycles. The Morgan fingerprint density at radius 1 is 1.24 bits per heavy atom. The van der Waals surface area contributed by atoms with Crippen LogP contribution in [-0.4, -0.2) is 18.8 Å². The van der Waals surface area contributed by atoms with Crippen molar-refractivity contribution in [2.75, 3.05) is 13.7 Å². The maximum absolute atomic E-state index is 10.2. The lowest BCUT2D eigenvalue weighted by atomic mass is 9.87. The number of benzene rings is 2. The second-order valence-electron chi connectivity index (χ2n) is 5.46. The van der Waals surface area contributed by atoms with Crippen LogP contribution in [0.4, 0.5) is 0 Å². The van der Waals surface area contributed by atoms with Crippen molar-refractivity contribution in [2.45, 2.75) is 18.9 Å². The quantitative estimate of drug-likeness (QED) is 0.872. The molecule has 2 atom stereocenters. The summed E-state index contributed by atoms with van der Waals surface area (Å²) in [6.07, 6.45) is -0.0600. The van der Waals surface area contributed by atoms with Crippen LogP contribution in [0.15, 0.2) is 30.3 Å². The van der Waals surface area contributed by atoms with Gasteiger partial charge in [0.05, 0.1) is 19.6 Å². The van der Waals surface area contributed by atoms with E-state index < -0.39 is 0 Å². The lowest BCUT2D eigenvalue weighted by molar-refractivity contribution is 0.139. The van der Waals surface area contributed by atoms with Gasteiger partial charge in [-0.15, -0.1) is 0 Å². The van der Waals surface area contributed by atoms with Gasteiger partial charge >= 0.3 is 0 Å². The molecule has 21 heavy (non-hydrogen) atoms. The van der Waals surface area contributed by atoms with Crippen LogP contribution >= 0.6 is 0 Å². The van der Waals surface area contributed by atoms with Crippen molar-refractivity contribution in [2.24, 2.45) is 0 Å². The van der Waals surface area contributed by atoms with Crippen molar-refractivity contribution in [3.63, 3.8) is 0 Å². The monoisotopic (exact) mass is 284 g/mol. The van der Waals surface area contributed by atoms with E-state index in [9.17, 15) is 5.11 Å². The Bertz CT molecular complexity index is 723. The largest absolute Gasteiger partial charge is 0.504 e. The maximum atomic E-state index is 10.2. The van der Waals surface area contributed by atoms with Crippen molar-refractivity contribution in [3.05, 3.63) is 47.0 Å². The number of ether oxygens (including phenoxy) is 3. The summed E-state index contributed by atoms with van der Waals surface area (Å²) in [5.41, 5.74) is 2.88. The number of fused-ring (bicyclic) bond motifs is 5. The molecule has 2 aromatic rings. The summed E-state index contributed by atoms with van der Waals surface area (Å²) >= 11 is 0. The third kappa shape index (κ3) is 1.62. The summed E-state index contributed by atoms with van der Waals surface area (Å²) in [5.74, 6) is 2.38. The Hall–Kier alpha value is -2.36. The van der Waals surface area contributed by atoms with E-state index in [4.69, 9.17) is 14.2 Å². The third-order valence-electron chi connectivity index (χ3n) is 4.37. The van der Waals surface area contributed by atoms with Gasteiger partial charge in [0.15, 0.2) is 11.5 Å². The second kappa shape index (κ2) is 4.32. The summed E-state index contributed by atoms with van der Waals surface area (Å²) in [4.78, 5) is 0. The smallest absolute Gasteiger partial charge is 0.164 e. The van der Waals surface area contributed by atoms with Gasteiger partial charge in [-0.05, 0) is 13.0 Å². The normalized spacial score (nSPS) is 21.6. The van der Waals surface area contributed by atoms with Crippen molar-refractivity contribution >= 4 is 0 Å². The van der Waals surface area contributed by atoms with Crippen molar-refractivity contribution < 1.29 is 19.3 Å². The molecule has 2 aliphatic rings. The van der Waals surface area contributed by atoms with Crippen LogP contribution in [0.3, 0.4) is 0 Å². The molecule has 0 spiro atoms. The SMILES string of the molecule is COc1cc2c(c(C)c1O)C1COc3ccccc3C1O2. The van der Waals surface area contributed by atoms with E-state index >= 15 is 0 Å². The number of phenols is 1. The first-order valence-electron chi connectivity index (χ1n) is 6.99. The first-order valence-corrected chi connectivity index (χ1v) is 6.99. The number of rotatable bonds is 1. The highest BCUT2D eigenvalue weighted by atomic mass is 16.5. The molecule has 0 fully saturated rings. The molecular weight excluding hydrogens is 268 g/mol. The summed E-state index contributed by atoms with van der Waals surface area (Å²) in [6, 6.07) is 9.70. The highest BCUT2D eigenvalue weighted by Gasteiger charge is 2.42. The summed E-state index contributed by atoms with van der Waals surface area (Å²) < 4.78 is 17.2. The van der Waals surface area contributed by atoms with Crippen molar-refractivity contribution in [3.8, 4) is 23.0 Å². The Kier molecular flexibility index (Phi) is 2.55. The zero-order valence-electron chi connectivity index (χ0n) is 11.9. The van der Waals surface area contributed by atoms with Gasteiger partial charge in [0.25, 0.3) is 0 Å². The molecule has 4 rings (SSSR count). The van der Waals surface area contributed by atoms with E-state index in [-0.39, 0.29) is 17.8 Å². The van der Waals surface area contributed by atoms with Gasteiger partial charge in [0.1, 0.15) is 17.6 Å². The molecule has 108 valence electrons. The predicted octanol–water partition coefficient (Wildman–Crippen LogP) is 3.32. The predicted molar refractivity (Wildman–Crippen MR) is 77.4 cm³/mol. The minimum atomic E-state index is -0.0600. The second-order valence-corrected chi connectivity index (χ2v) is 5.46. The molecular formula is C17H16O4. The standard InChI is InChI=1S/C17H16O4/c1-9-15-11-8-20-12-6-4-3-5-10(12)17(11)21-13(15)7-14(19-2)16(9)18/h3-7,11,17-18H,8H2,1-2H3. The van der Waals surface area contributed by atoms with E-state index in [1.807, 2.05) is 31.2 Å². The molecule has 0 amide bonds. The minimum Gasteiger partial charge on any atom is -0.504 e. The van der Waals surface area contributed by atoms with Gasteiger partial charge in [-0.1, -0.05) is 18.2 Å². The first-order chi connectivity index (χ1) is 10.2. The fraction of sp³-hybridized carbons (Fsp3) is 0.294. The number of para-hydroxylation sites is 1. The molecule has 0 aromatic heterocycles. The zero-order chi connectivity index (χ0) is 14.6. The molecule has 4 heteroatoms. The maximum Gasteiger partial charge on any atom is 0.164 e. The van der Waals surface area contributed by atoms with Gasteiger partial charge in [-0.25, -0.2) is 0 Å². The lowest BCUT2D eigenvalue weighted by Gasteiger charge is -2.27. The average molecular weight is 284 g/mol. The van der Waals surface area contributed by atoms with Gasteiger partial charge in [0.2, 0.25) is 0 Å². The fourth-order valence-corrected chi connectivity index (χ4v) is 3.32. The zero-order valence-corrected chi connectivity index (χ0v) is 11.9. The van der Waals surface area contributed by atoms with Crippen LogP contribution in [0.1, 0.15) is 28.7 Å². The van der Waals surface area contributed by atoms with E-state index in [1.54, 1.807) is 13.2 Å². The van der Waals surface area contributed by atoms with E-state index in [0.29, 0.717) is 12.4 Å². The molecule has 0 radical (unpaired) electrons. The number of phenolic OH excluding ortho intramolecular Hbond substituents is 1. The number of hydrogen-bond acceptors (Lipinski definition) is 4. The molecule has 2 unspecified atom stereocenters. The molecule has 0 bridgehead atoms. The summed E-state index contributed by atoms with van der Waals surface area (Å²) in [7, 11) is 1.54. The summed E-state index contributed by atoms with van der Waals surface area (Å²) in [5, 5.41) is 10.2. The highest BCUT2D eigenvalue weighted by molar-refractivity contribution is 5.60. The lowest BCUT2D eigenvalue weighted by Crippen LogP contribution is -2.23. The van der Waals surface area contributed by atoms with Crippen LogP contribution in [-0.2, 0) is 0 Å². The van der Waals surface area contributed by atoms with Gasteiger partial charge in [-0.3, -0.25) is 0 Å². The molecule has 2 heterocycles. The number of methoxy groups -OCH3 is 1. The fourth-order valence-electron chi connectivity index (χ4n) is 3.32. The third-order valence-corrected chi connectivity index (χ3v) is 4.37. The molecule has 0 saturated heterocycles. The molecule has 4 nitrogen and oxygen atoms in total. The van der Waals surface area contributed by atoms with Gasteiger partial charge in [-0.2, -0.15) is 0 Å². The van der Waals surface area contributed by atoms with Crippen LogP contribution < -0.4 is 14.2 Å². The first kappa shape index (κ1) is 12.4. The van der Waals surface area contributed by atoms with Crippen LogP contribution in [0.25, 0.3) is 0 Å². The average Bonchev–Trinajstić information content (AvgIpc) is 2.89. The van der Waals surface area contributed by atoms with E-state index in [1.165, 1.54) is 0 Å². The van der Waals surface area contributed by atoms with Crippen LogP contribution in [0.5, 0.6) is 23.0 Å². The Morgan fingerprint density at radius 2 is 2.05 bits per heavy atom. The summed E-state index contributed by atoms with van der Waals surface area (Å²) in [6.45, 7) is 2.45. The van der Waals surface area contributed by atoms with E-state index in [2.05, 4.69) is 0 Å². The number of hydrogen-bond donors (Lipinski definition) is 1. The number of aromatic hydroxyl groups is 1. The van der Waals surface area contributed by atoms with E-state index in [0.717, 1.165) is 28.2 Å².